The molecule has 0 unspecified atom stereocenters. The van der Waals surface area contributed by atoms with Crippen LogP contribution in [0.2, 0.25) is 5.02 Å². The van der Waals surface area contributed by atoms with Crippen LogP contribution >= 0.6 is 35.6 Å². The highest BCUT2D eigenvalue weighted by atomic mass is 127. The van der Waals surface area contributed by atoms with E-state index in [1.807, 2.05) is 24.3 Å². The van der Waals surface area contributed by atoms with Gasteiger partial charge in [0, 0.05) is 25.2 Å². The first-order valence-corrected chi connectivity index (χ1v) is 10.0. The standard InChI is InChI=1S/C18H23ClN4O2S.HI/c1-20-18(22-12-11-15-5-3-4-6-17(15)19)23-13-14-7-9-16(10-8-14)26(24,25)21-2;/h3-10,21H,11-13H2,1-2H3,(H2,20,22,23);1H. The van der Waals surface area contributed by atoms with E-state index in [0.29, 0.717) is 19.0 Å². The van der Waals surface area contributed by atoms with Crippen LogP contribution in [-0.4, -0.2) is 35.0 Å². The number of hydrogen-bond acceptors (Lipinski definition) is 3. The van der Waals surface area contributed by atoms with E-state index in [-0.39, 0.29) is 28.9 Å². The predicted octanol–water partition coefficient (Wildman–Crippen LogP) is 2.77. The fourth-order valence-corrected chi connectivity index (χ4v) is 3.29. The summed E-state index contributed by atoms with van der Waals surface area (Å²) in [5.74, 6) is 0.670. The Morgan fingerprint density at radius 2 is 1.74 bits per heavy atom. The Kier molecular flexibility index (Phi) is 10.1. The van der Waals surface area contributed by atoms with Crippen LogP contribution < -0.4 is 15.4 Å². The summed E-state index contributed by atoms with van der Waals surface area (Å²) >= 11 is 6.15. The van der Waals surface area contributed by atoms with Gasteiger partial charge >= 0.3 is 0 Å². The zero-order valence-corrected chi connectivity index (χ0v) is 19.1. The highest BCUT2D eigenvalue weighted by Gasteiger charge is 2.10. The number of guanidine groups is 1. The minimum absolute atomic E-state index is 0. The first kappa shape index (κ1) is 23.7. The van der Waals surface area contributed by atoms with Gasteiger partial charge in [-0.05, 0) is 42.8 Å². The first-order chi connectivity index (χ1) is 12.5. The van der Waals surface area contributed by atoms with Crippen LogP contribution in [-0.2, 0) is 23.0 Å². The molecule has 0 atom stereocenters. The molecule has 6 nitrogen and oxygen atoms in total. The number of benzene rings is 2. The van der Waals surface area contributed by atoms with Gasteiger partial charge < -0.3 is 10.6 Å². The zero-order chi connectivity index (χ0) is 19.0. The van der Waals surface area contributed by atoms with E-state index in [0.717, 1.165) is 22.6 Å². The van der Waals surface area contributed by atoms with Gasteiger partial charge in [-0.25, -0.2) is 13.1 Å². The maximum atomic E-state index is 11.7. The Labute approximate surface area is 182 Å². The molecule has 2 rings (SSSR count). The molecular weight excluding hydrogens is 499 g/mol. The fraction of sp³-hybridized carbons (Fsp3) is 0.278. The maximum absolute atomic E-state index is 11.7. The van der Waals surface area contributed by atoms with Crippen molar-refractivity contribution < 1.29 is 8.42 Å². The highest BCUT2D eigenvalue weighted by Crippen LogP contribution is 2.14. The van der Waals surface area contributed by atoms with Crippen molar-refractivity contribution >= 4 is 51.6 Å². The number of halogens is 2. The summed E-state index contributed by atoms with van der Waals surface area (Å²) in [6.45, 7) is 1.23. The van der Waals surface area contributed by atoms with Gasteiger partial charge in [0.15, 0.2) is 5.96 Å². The van der Waals surface area contributed by atoms with Crippen molar-refractivity contribution in [2.75, 3.05) is 20.6 Å². The lowest BCUT2D eigenvalue weighted by molar-refractivity contribution is 0.588. The summed E-state index contributed by atoms with van der Waals surface area (Å²) < 4.78 is 25.7. The van der Waals surface area contributed by atoms with Gasteiger partial charge in [0.05, 0.1) is 4.90 Å². The van der Waals surface area contributed by atoms with E-state index in [9.17, 15) is 8.42 Å². The van der Waals surface area contributed by atoms with Crippen LogP contribution in [0.25, 0.3) is 0 Å². The van der Waals surface area contributed by atoms with Crippen molar-refractivity contribution in [1.82, 2.24) is 15.4 Å². The minimum atomic E-state index is -3.41. The van der Waals surface area contributed by atoms with E-state index in [1.54, 1.807) is 31.3 Å². The molecule has 3 N–H and O–H groups in total. The van der Waals surface area contributed by atoms with E-state index in [4.69, 9.17) is 11.6 Å². The van der Waals surface area contributed by atoms with Crippen LogP contribution in [0.1, 0.15) is 11.1 Å². The maximum Gasteiger partial charge on any atom is 0.240 e. The fourth-order valence-electron chi connectivity index (χ4n) is 2.33. The average molecular weight is 523 g/mol. The third-order valence-corrected chi connectivity index (χ3v) is 5.63. The second-order valence-electron chi connectivity index (χ2n) is 5.55. The quantitative estimate of drug-likeness (QED) is 0.297. The number of rotatable bonds is 7. The SMILES string of the molecule is CN=C(NCCc1ccccc1Cl)NCc1ccc(S(=O)(=O)NC)cc1.I. The molecule has 0 heterocycles. The summed E-state index contributed by atoms with van der Waals surface area (Å²) in [4.78, 5) is 4.42. The summed E-state index contributed by atoms with van der Waals surface area (Å²) in [5.41, 5.74) is 2.03. The predicted molar refractivity (Wildman–Crippen MR) is 121 cm³/mol. The third-order valence-electron chi connectivity index (χ3n) is 3.83. The van der Waals surface area contributed by atoms with E-state index >= 15 is 0 Å². The Hall–Kier alpha value is -1.36. The van der Waals surface area contributed by atoms with Crippen molar-refractivity contribution in [3.05, 3.63) is 64.7 Å². The van der Waals surface area contributed by atoms with E-state index < -0.39 is 10.0 Å². The molecule has 27 heavy (non-hydrogen) atoms. The van der Waals surface area contributed by atoms with Crippen LogP contribution in [0.5, 0.6) is 0 Å². The molecule has 0 spiro atoms. The van der Waals surface area contributed by atoms with Gasteiger partial charge in [-0.3, -0.25) is 4.99 Å². The number of sulfonamides is 1. The number of aliphatic imine (C=N–C) groups is 1. The first-order valence-electron chi connectivity index (χ1n) is 8.16. The zero-order valence-electron chi connectivity index (χ0n) is 15.2. The van der Waals surface area contributed by atoms with Gasteiger partial charge in [0.2, 0.25) is 10.0 Å². The Morgan fingerprint density at radius 1 is 1.07 bits per heavy atom. The summed E-state index contributed by atoms with van der Waals surface area (Å²) in [6, 6.07) is 14.5. The number of hydrogen-bond donors (Lipinski definition) is 3. The molecule has 2 aromatic rings. The normalized spacial score (nSPS) is 11.6. The van der Waals surface area contributed by atoms with Crippen LogP contribution in [0, 0.1) is 0 Å². The lowest BCUT2D eigenvalue weighted by atomic mass is 10.1. The van der Waals surface area contributed by atoms with Gasteiger partial charge in [-0.2, -0.15) is 0 Å². The molecule has 9 heteroatoms. The topological polar surface area (TPSA) is 82.6 Å². The average Bonchev–Trinajstić information content (AvgIpc) is 2.66. The smallest absolute Gasteiger partial charge is 0.240 e. The lowest BCUT2D eigenvalue weighted by Gasteiger charge is -2.12. The second-order valence-corrected chi connectivity index (χ2v) is 7.84. The van der Waals surface area contributed by atoms with Crippen LogP contribution in [0.4, 0.5) is 0 Å². The molecule has 148 valence electrons. The Bertz CT molecular complexity index is 858. The molecule has 0 aromatic heterocycles. The summed E-state index contributed by atoms with van der Waals surface area (Å²) in [7, 11) is -0.316. The van der Waals surface area contributed by atoms with Crippen molar-refractivity contribution in [2.24, 2.45) is 4.99 Å². The number of nitrogens with one attached hydrogen (secondary N) is 3. The van der Waals surface area contributed by atoms with Crippen molar-refractivity contribution in [2.45, 2.75) is 17.9 Å². The third kappa shape index (κ3) is 7.28. The van der Waals surface area contributed by atoms with Gasteiger partial charge in [0.1, 0.15) is 0 Å². The van der Waals surface area contributed by atoms with E-state index in [2.05, 4.69) is 20.3 Å². The van der Waals surface area contributed by atoms with E-state index in [1.165, 1.54) is 7.05 Å². The summed E-state index contributed by atoms with van der Waals surface area (Å²) in [6.07, 6.45) is 0.789. The molecule has 0 aliphatic heterocycles. The van der Waals surface area contributed by atoms with Crippen LogP contribution in [0.15, 0.2) is 58.4 Å². The monoisotopic (exact) mass is 522 g/mol. The molecule has 0 radical (unpaired) electrons. The van der Waals surface area contributed by atoms with Crippen molar-refractivity contribution in [1.29, 1.82) is 0 Å². The minimum Gasteiger partial charge on any atom is -0.356 e. The molecule has 0 fully saturated rings. The Balaban J connectivity index is 0.00000364. The van der Waals surface area contributed by atoms with Crippen molar-refractivity contribution in [3.8, 4) is 0 Å². The van der Waals surface area contributed by atoms with Gasteiger partial charge in [-0.1, -0.05) is 41.9 Å². The molecule has 0 aliphatic rings. The van der Waals surface area contributed by atoms with Gasteiger partial charge in [-0.15, -0.1) is 24.0 Å². The summed E-state index contributed by atoms with van der Waals surface area (Å²) in [5, 5.41) is 7.19. The second kappa shape index (κ2) is 11.5. The lowest BCUT2D eigenvalue weighted by Crippen LogP contribution is -2.37. The molecule has 0 bridgehead atoms. The Morgan fingerprint density at radius 3 is 2.33 bits per heavy atom. The molecule has 0 aliphatic carbocycles. The van der Waals surface area contributed by atoms with Crippen LogP contribution in [0.3, 0.4) is 0 Å². The molecular formula is C18H24ClIN4O2S. The van der Waals surface area contributed by atoms with Gasteiger partial charge in [0.25, 0.3) is 0 Å². The largest absolute Gasteiger partial charge is 0.356 e. The molecule has 0 saturated carbocycles. The van der Waals surface area contributed by atoms with Crippen molar-refractivity contribution in [3.63, 3.8) is 0 Å². The molecule has 0 amide bonds. The molecule has 2 aromatic carbocycles. The molecule has 0 saturated heterocycles. The highest BCUT2D eigenvalue weighted by molar-refractivity contribution is 14.0. The number of nitrogens with zero attached hydrogens (tertiary/aromatic N) is 1.